The zero-order chi connectivity index (χ0) is 22.3. The molecule has 168 valence electrons. The summed E-state index contributed by atoms with van der Waals surface area (Å²) in [5, 5.41) is 1.02. The predicted octanol–water partition coefficient (Wildman–Crippen LogP) is 6.61. The molecule has 3 rings (SSSR count). The first-order chi connectivity index (χ1) is 15.1. The number of allylic oxidation sites excluding steroid dienone is 2. The number of carbonyl (C=O) groups is 1. The molecule has 2 aliphatic carbocycles. The SMILES string of the molecule is C=CCN(C(=O)C1=C(C)c2ccccc2CC12CCCCC2)/C(=C/CC)SCCOC. The number of benzene rings is 1. The molecular formula is C27H37NO2S. The summed E-state index contributed by atoms with van der Waals surface area (Å²) in [6, 6.07) is 8.66. The van der Waals surface area contributed by atoms with E-state index in [2.05, 4.69) is 50.8 Å². The number of amides is 1. The molecule has 0 N–H and O–H groups in total. The van der Waals surface area contributed by atoms with Crippen molar-refractivity contribution in [2.45, 2.75) is 58.8 Å². The minimum Gasteiger partial charge on any atom is -0.384 e. The first-order valence-electron chi connectivity index (χ1n) is 11.6. The molecule has 0 atom stereocenters. The third-order valence-corrected chi connectivity index (χ3v) is 7.67. The molecule has 0 aliphatic heterocycles. The Hall–Kier alpha value is -1.78. The van der Waals surface area contributed by atoms with Crippen LogP contribution in [0.1, 0.15) is 63.5 Å². The summed E-state index contributed by atoms with van der Waals surface area (Å²) in [5.74, 6) is 0.994. The van der Waals surface area contributed by atoms with Gasteiger partial charge in [-0.25, -0.2) is 0 Å². The van der Waals surface area contributed by atoms with E-state index >= 15 is 0 Å². The van der Waals surface area contributed by atoms with Crippen LogP contribution < -0.4 is 0 Å². The molecule has 1 saturated carbocycles. The predicted molar refractivity (Wildman–Crippen MR) is 133 cm³/mol. The summed E-state index contributed by atoms with van der Waals surface area (Å²) in [7, 11) is 1.72. The second-order valence-electron chi connectivity index (χ2n) is 8.67. The van der Waals surface area contributed by atoms with Gasteiger partial charge in [0.2, 0.25) is 0 Å². The van der Waals surface area contributed by atoms with Gasteiger partial charge in [0, 0.05) is 30.4 Å². The minimum atomic E-state index is -0.0400. The molecule has 1 amide bonds. The molecule has 1 aromatic rings. The molecule has 0 heterocycles. The van der Waals surface area contributed by atoms with Crippen LogP contribution in [0.15, 0.2) is 53.6 Å². The molecule has 1 fully saturated rings. The highest BCUT2D eigenvalue weighted by Crippen LogP contribution is 2.52. The average molecular weight is 440 g/mol. The molecule has 0 unspecified atom stereocenters. The highest BCUT2D eigenvalue weighted by molar-refractivity contribution is 8.03. The quantitative estimate of drug-likeness (QED) is 0.320. The Bertz CT molecular complexity index is 849. The van der Waals surface area contributed by atoms with Crippen LogP contribution >= 0.6 is 11.8 Å². The number of thioether (sulfide) groups is 1. The van der Waals surface area contributed by atoms with E-state index in [0.29, 0.717) is 13.2 Å². The summed E-state index contributed by atoms with van der Waals surface area (Å²) in [4.78, 5) is 16.2. The number of carbonyl (C=O) groups excluding carboxylic acids is 1. The Kier molecular flexibility index (Phi) is 8.62. The van der Waals surface area contributed by atoms with E-state index in [4.69, 9.17) is 4.74 Å². The molecule has 0 radical (unpaired) electrons. The number of nitrogens with zero attached hydrogens (tertiary/aromatic N) is 1. The molecule has 1 spiro atoms. The second-order valence-corrected chi connectivity index (χ2v) is 9.79. The normalized spacial score (nSPS) is 18.1. The van der Waals surface area contributed by atoms with E-state index in [9.17, 15) is 4.79 Å². The number of hydrogen-bond donors (Lipinski definition) is 0. The fourth-order valence-corrected chi connectivity index (χ4v) is 6.31. The summed E-state index contributed by atoms with van der Waals surface area (Å²) in [5.41, 5.74) is 4.81. The fourth-order valence-electron chi connectivity index (χ4n) is 5.26. The molecular weight excluding hydrogens is 402 g/mol. The summed E-state index contributed by atoms with van der Waals surface area (Å²) in [6.45, 7) is 9.43. The van der Waals surface area contributed by atoms with Gasteiger partial charge >= 0.3 is 0 Å². The third kappa shape index (κ3) is 5.18. The van der Waals surface area contributed by atoms with Gasteiger partial charge in [0.05, 0.1) is 11.6 Å². The number of fused-ring (bicyclic) bond motifs is 1. The van der Waals surface area contributed by atoms with Crippen LogP contribution in [0.2, 0.25) is 0 Å². The lowest BCUT2D eigenvalue weighted by atomic mass is 9.61. The van der Waals surface area contributed by atoms with E-state index < -0.39 is 0 Å². The van der Waals surface area contributed by atoms with Gasteiger partial charge in [-0.1, -0.05) is 62.6 Å². The van der Waals surface area contributed by atoms with Crippen molar-refractivity contribution in [3.8, 4) is 0 Å². The smallest absolute Gasteiger partial charge is 0.255 e. The van der Waals surface area contributed by atoms with Crippen LogP contribution in [0.25, 0.3) is 5.57 Å². The maximum atomic E-state index is 14.3. The van der Waals surface area contributed by atoms with Crippen molar-refractivity contribution >= 4 is 23.2 Å². The van der Waals surface area contributed by atoms with Crippen molar-refractivity contribution < 1.29 is 9.53 Å². The van der Waals surface area contributed by atoms with Crippen molar-refractivity contribution in [3.05, 3.63) is 64.7 Å². The first kappa shape index (κ1) is 23.9. The number of ether oxygens (including phenoxy) is 1. The standard InChI is InChI=1S/C27H37NO2S/c1-5-12-24(31-19-18-30-4)28(17-6-2)26(29)25-21(3)23-14-9-8-13-22(23)20-27(25)15-10-7-11-16-27/h6,8-9,12-14H,2,5,7,10-11,15-20H2,1,3-4H3/b24-12-. The van der Waals surface area contributed by atoms with Gasteiger partial charge in [0.25, 0.3) is 5.91 Å². The van der Waals surface area contributed by atoms with Gasteiger partial charge in [-0.05, 0) is 49.3 Å². The lowest BCUT2D eigenvalue weighted by Gasteiger charge is -2.44. The number of hydrogen-bond acceptors (Lipinski definition) is 3. The van der Waals surface area contributed by atoms with Crippen molar-refractivity contribution in [1.82, 2.24) is 4.90 Å². The molecule has 2 aliphatic rings. The van der Waals surface area contributed by atoms with Crippen molar-refractivity contribution in [3.63, 3.8) is 0 Å². The van der Waals surface area contributed by atoms with Gasteiger partial charge in [-0.15, -0.1) is 18.3 Å². The molecule has 0 aromatic heterocycles. The molecule has 0 bridgehead atoms. The molecule has 1 aromatic carbocycles. The molecule has 3 nitrogen and oxygen atoms in total. The lowest BCUT2D eigenvalue weighted by molar-refractivity contribution is -0.126. The van der Waals surface area contributed by atoms with Gasteiger partial charge in [-0.3, -0.25) is 9.69 Å². The first-order valence-corrected chi connectivity index (χ1v) is 12.6. The van der Waals surface area contributed by atoms with Gasteiger partial charge in [0.1, 0.15) is 0 Å². The third-order valence-electron chi connectivity index (χ3n) is 6.62. The van der Waals surface area contributed by atoms with E-state index in [1.165, 1.54) is 36.0 Å². The van der Waals surface area contributed by atoms with Crippen LogP contribution in [-0.4, -0.2) is 36.8 Å². The topological polar surface area (TPSA) is 29.5 Å². The van der Waals surface area contributed by atoms with E-state index in [1.807, 2.05) is 11.0 Å². The van der Waals surface area contributed by atoms with Gasteiger partial charge in [0.15, 0.2) is 0 Å². The Balaban J connectivity index is 2.06. The molecule has 0 saturated heterocycles. The maximum absolute atomic E-state index is 14.3. The van der Waals surface area contributed by atoms with Gasteiger partial charge < -0.3 is 4.74 Å². The molecule has 4 heteroatoms. The lowest BCUT2D eigenvalue weighted by Crippen LogP contribution is -2.42. The Morgan fingerprint density at radius 1 is 1.26 bits per heavy atom. The number of rotatable bonds is 9. The van der Waals surface area contributed by atoms with E-state index in [1.54, 1.807) is 18.9 Å². The maximum Gasteiger partial charge on any atom is 0.255 e. The van der Waals surface area contributed by atoms with Crippen molar-refractivity contribution in [2.24, 2.45) is 5.41 Å². The fraction of sp³-hybridized carbons (Fsp3) is 0.519. The Morgan fingerprint density at radius 3 is 2.68 bits per heavy atom. The number of methoxy groups -OCH3 is 1. The van der Waals surface area contributed by atoms with E-state index in [-0.39, 0.29) is 11.3 Å². The summed E-state index contributed by atoms with van der Waals surface area (Å²) in [6.07, 6.45) is 11.8. The summed E-state index contributed by atoms with van der Waals surface area (Å²) >= 11 is 1.70. The van der Waals surface area contributed by atoms with Crippen molar-refractivity contribution in [1.29, 1.82) is 0 Å². The monoisotopic (exact) mass is 439 g/mol. The molecule has 31 heavy (non-hydrogen) atoms. The van der Waals surface area contributed by atoms with Crippen molar-refractivity contribution in [2.75, 3.05) is 26.0 Å². The minimum absolute atomic E-state index is 0.0400. The largest absolute Gasteiger partial charge is 0.384 e. The summed E-state index contributed by atoms with van der Waals surface area (Å²) < 4.78 is 5.25. The van der Waals surface area contributed by atoms with E-state index in [0.717, 1.165) is 42.0 Å². The van der Waals surface area contributed by atoms with Crippen LogP contribution in [0, 0.1) is 5.41 Å². The highest BCUT2D eigenvalue weighted by atomic mass is 32.2. The van der Waals surface area contributed by atoms with Crippen LogP contribution in [0.4, 0.5) is 0 Å². The average Bonchev–Trinajstić information content (AvgIpc) is 2.77. The van der Waals surface area contributed by atoms with Gasteiger partial charge in [-0.2, -0.15) is 0 Å². The van der Waals surface area contributed by atoms with Crippen LogP contribution in [0.3, 0.4) is 0 Å². The Labute approximate surface area is 192 Å². The second kappa shape index (κ2) is 11.2. The van der Waals surface area contributed by atoms with Crippen LogP contribution in [0.5, 0.6) is 0 Å². The van der Waals surface area contributed by atoms with Crippen LogP contribution in [-0.2, 0) is 16.0 Å². The Morgan fingerprint density at radius 2 is 2.00 bits per heavy atom. The highest BCUT2D eigenvalue weighted by Gasteiger charge is 2.44. The zero-order valence-corrected chi connectivity index (χ0v) is 20.2. The zero-order valence-electron chi connectivity index (χ0n) is 19.4.